The number of hydrogen-bond donors (Lipinski definition) is 0. The van der Waals surface area contributed by atoms with Gasteiger partial charge in [-0.3, -0.25) is 9.48 Å². The van der Waals surface area contributed by atoms with Crippen LogP contribution in [-0.2, 0) is 6.42 Å². The smallest absolute Gasteiger partial charge is 0.163 e. The molecule has 0 aliphatic heterocycles. The number of aromatic nitrogens is 6. The molecule has 0 amide bonds. The van der Waals surface area contributed by atoms with Gasteiger partial charge in [0, 0.05) is 24.2 Å². The third-order valence-corrected chi connectivity index (χ3v) is 4.65. The van der Waals surface area contributed by atoms with Crippen LogP contribution in [0.15, 0.2) is 24.4 Å². The van der Waals surface area contributed by atoms with Gasteiger partial charge in [0.05, 0.1) is 17.3 Å². The van der Waals surface area contributed by atoms with Gasteiger partial charge in [0.2, 0.25) is 0 Å². The van der Waals surface area contributed by atoms with Gasteiger partial charge in [0.1, 0.15) is 5.82 Å². The zero-order valence-electron chi connectivity index (χ0n) is 16.8. The third kappa shape index (κ3) is 3.67. The lowest BCUT2D eigenvalue weighted by molar-refractivity contribution is 0.101. The summed E-state index contributed by atoms with van der Waals surface area (Å²) in [4.78, 5) is 21.1. The van der Waals surface area contributed by atoms with Crippen LogP contribution < -0.4 is 0 Å². The highest BCUT2D eigenvalue weighted by Crippen LogP contribution is 2.22. The van der Waals surface area contributed by atoms with Gasteiger partial charge in [0.25, 0.3) is 0 Å². The number of aryl methyl sites for hydroxylation is 1. The van der Waals surface area contributed by atoms with Crippen LogP contribution in [0.2, 0.25) is 0 Å². The molecular weight excluding hydrogens is 340 g/mol. The van der Waals surface area contributed by atoms with Crippen molar-refractivity contribution in [3.63, 3.8) is 0 Å². The number of Topliss-reactive ketones (excluding diaryl/α,β-unsaturated/α-hetero) is 1. The van der Waals surface area contributed by atoms with E-state index < -0.39 is 0 Å². The van der Waals surface area contributed by atoms with Crippen LogP contribution in [0, 0.1) is 13.8 Å². The maximum absolute atomic E-state index is 11.9. The second-order valence-corrected chi connectivity index (χ2v) is 7.24. The maximum Gasteiger partial charge on any atom is 0.163 e. The first-order valence-corrected chi connectivity index (χ1v) is 9.23. The summed E-state index contributed by atoms with van der Waals surface area (Å²) in [6.45, 7) is 11.6. The molecule has 0 aliphatic carbocycles. The molecule has 3 heterocycles. The van der Waals surface area contributed by atoms with Crippen LogP contribution >= 0.6 is 0 Å². The fourth-order valence-corrected chi connectivity index (χ4v) is 3.35. The molecule has 142 valence electrons. The summed E-state index contributed by atoms with van der Waals surface area (Å²) in [6.07, 6.45) is 2.38. The highest BCUT2D eigenvalue weighted by molar-refractivity contribution is 5.96. The molecule has 0 unspecified atom stereocenters. The number of pyridine rings is 1. The number of nitrogens with zero attached hydrogens (tertiary/aromatic N) is 6. The average molecular weight is 366 g/mol. The Labute approximate surface area is 159 Å². The summed E-state index contributed by atoms with van der Waals surface area (Å²) >= 11 is 0. The highest BCUT2D eigenvalue weighted by Gasteiger charge is 2.22. The summed E-state index contributed by atoms with van der Waals surface area (Å²) < 4.78 is 3.72. The SMILES string of the molecule is CC(=O)c1c(C)nn([C@H](C)Cc2nc(C(C)C)nn2-c2ccccn2)c1C. The molecule has 3 aromatic heterocycles. The molecule has 0 aromatic carbocycles. The van der Waals surface area contributed by atoms with Gasteiger partial charge in [-0.05, 0) is 39.8 Å². The van der Waals surface area contributed by atoms with E-state index in [4.69, 9.17) is 4.98 Å². The van der Waals surface area contributed by atoms with Crippen molar-refractivity contribution >= 4 is 5.78 Å². The van der Waals surface area contributed by atoms with E-state index >= 15 is 0 Å². The van der Waals surface area contributed by atoms with E-state index in [-0.39, 0.29) is 17.7 Å². The molecule has 0 radical (unpaired) electrons. The largest absolute Gasteiger partial charge is 0.294 e. The van der Waals surface area contributed by atoms with Crippen molar-refractivity contribution in [2.24, 2.45) is 0 Å². The van der Waals surface area contributed by atoms with Gasteiger partial charge >= 0.3 is 0 Å². The molecule has 7 nitrogen and oxygen atoms in total. The Balaban J connectivity index is 1.98. The molecule has 0 saturated carbocycles. The van der Waals surface area contributed by atoms with Crippen molar-refractivity contribution in [2.75, 3.05) is 0 Å². The lowest BCUT2D eigenvalue weighted by Gasteiger charge is -2.14. The lowest BCUT2D eigenvalue weighted by atomic mass is 10.1. The third-order valence-electron chi connectivity index (χ3n) is 4.65. The average Bonchev–Trinajstić information content (AvgIpc) is 3.16. The van der Waals surface area contributed by atoms with E-state index in [9.17, 15) is 4.79 Å². The Hall–Kier alpha value is -2.83. The molecule has 0 aliphatic rings. The number of ketones is 1. The van der Waals surface area contributed by atoms with Crippen LogP contribution in [-0.4, -0.2) is 35.3 Å². The van der Waals surface area contributed by atoms with Crippen molar-refractivity contribution in [3.8, 4) is 5.82 Å². The first kappa shape index (κ1) is 18.9. The molecule has 1 atom stereocenters. The van der Waals surface area contributed by atoms with E-state index in [1.807, 2.05) is 41.4 Å². The Morgan fingerprint density at radius 2 is 1.89 bits per heavy atom. The van der Waals surface area contributed by atoms with E-state index in [1.54, 1.807) is 13.1 Å². The van der Waals surface area contributed by atoms with Crippen molar-refractivity contribution in [1.29, 1.82) is 0 Å². The topological polar surface area (TPSA) is 78.5 Å². The summed E-state index contributed by atoms with van der Waals surface area (Å²) in [6, 6.07) is 5.77. The van der Waals surface area contributed by atoms with Gasteiger partial charge in [-0.25, -0.2) is 9.97 Å². The second-order valence-electron chi connectivity index (χ2n) is 7.24. The van der Waals surface area contributed by atoms with Crippen LogP contribution in [0.25, 0.3) is 5.82 Å². The van der Waals surface area contributed by atoms with Crippen LogP contribution in [0.3, 0.4) is 0 Å². The first-order valence-electron chi connectivity index (χ1n) is 9.23. The van der Waals surface area contributed by atoms with Crippen molar-refractivity contribution in [2.45, 2.75) is 59.9 Å². The number of hydrogen-bond acceptors (Lipinski definition) is 5. The molecule has 3 aromatic rings. The Bertz CT molecular complexity index is 955. The van der Waals surface area contributed by atoms with Gasteiger partial charge in [0.15, 0.2) is 17.4 Å². The number of rotatable bonds is 6. The Morgan fingerprint density at radius 3 is 2.44 bits per heavy atom. The Kier molecular flexibility index (Phi) is 5.21. The molecule has 27 heavy (non-hydrogen) atoms. The molecule has 3 rings (SSSR count). The number of carbonyl (C=O) groups is 1. The first-order chi connectivity index (χ1) is 12.8. The second kappa shape index (κ2) is 7.42. The normalized spacial score (nSPS) is 12.6. The summed E-state index contributed by atoms with van der Waals surface area (Å²) in [5.74, 6) is 2.64. The Morgan fingerprint density at radius 1 is 1.15 bits per heavy atom. The molecule has 7 heteroatoms. The van der Waals surface area contributed by atoms with Gasteiger partial charge in [-0.15, -0.1) is 5.10 Å². The van der Waals surface area contributed by atoms with E-state index in [1.165, 1.54) is 0 Å². The van der Waals surface area contributed by atoms with Gasteiger partial charge in [-0.2, -0.15) is 9.78 Å². The summed E-state index contributed by atoms with van der Waals surface area (Å²) in [7, 11) is 0. The number of carbonyl (C=O) groups excluding carboxylic acids is 1. The maximum atomic E-state index is 11.9. The lowest BCUT2D eigenvalue weighted by Crippen LogP contribution is -2.15. The van der Waals surface area contributed by atoms with Crippen molar-refractivity contribution < 1.29 is 4.79 Å². The predicted octanol–water partition coefficient (Wildman–Crippen LogP) is 3.61. The van der Waals surface area contributed by atoms with E-state index in [2.05, 4.69) is 36.0 Å². The monoisotopic (exact) mass is 366 g/mol. The van der Waals surface area contributed by atoms with Crippen molar-refractivity contribution in [3.05, 3.63) is 53.0 Å². The zero-order chi connectivity index (χ0) is 19.7. The molecule has 0 spiro atoms. The van der Waals surface area contributed by atoms with Gasteiger partial charge in [-0.1, -0.05) is 19.9 Å². The molecule has 0 bridgehead atoms. The fourth-order valence-electron chi connectivity index (χ4n) is 3.35. The predicted molar refractivity (Wildman–Crippen MR) is 103 cm³/mol. The summed E-state index contributed by atoms with van der Waals surface area (Å²) in [5.41, 5.74) is 2.36. The standard InChI is InChI=1S/C20H26N6O/c1-12(2)20-22-18(26(24-20)17-9-7-8-10-21-17)11-13(3)25-15(5)19(16(6)27)14(4)23-25/h7-10,12-13H,11H2,1-6H3/t13-/m1/s1. The van der Waals surface area contributed by atoms with Crippen molar-refractivity contribution in [1.82, 2.24) is 29.5 Å². The van der Waals surface area contributed by atoms with Gasteiger partial charge < -0.3 is 0 Å². The summed E-state index contributed by atoms with van der Waals surface area (Å²) in [5, 5.41) is 9.25. The molecule has 0 fully saturated rings. The van der Waals surface area contributed by atoms with E-state index in [0.717, 1.165) is 28.9 Å². The molecular formula is C20H26N6O. The highest BCUT2D eigenvalue weighted by atomic mass is 16.1. The minimum absolute atomic E-state index is 0.0310. The van der Waals surface area contributed by atoms with E-state index in [0.29, 0.717) is 12.0 Å². The minimum atomic E-state index is 0.0310. The molecule has 0 N–H and O–H groups in total. The minimum Gasteiger partial charge on any atom is -0.294 e. The molecule has 0 saturated heterocycles. The van der Waals surface area contributed by atoms with Crippen LogP contribution in [0.1, 0.15) is 73.0 Å². The van der Waals surface area contributed by atoms with Crippen LogP contribution in [0.5, 0.6) is 0 Å². The zero-order valence-corrected chi connectivity index (χ0v) is 16.8. The quantitative estimate of drug-likeness (QED) is 0.623. The van der Waals surface area contributed by atoms with Crippen LogP contribution in [0.4, 0.5) is 0 Å². The fraction of sp³-hybridized carbons (Fsp3) is 0.450.